The highest BCUT2D eigenvalue weighted by Gasteiger charge is 2.25. The van der Waals surface area contributed by atoms with Crippen LogP contribution in [0.2, 0.25) is 0 Å². The van der Waals surface area contributed by atoms with Crippen LogP contribution in [0.3, 0.4) is 0 Å². The lowest BCUT2D eigenvalue weighted by Gasteiger charge is -2.08. The molecule has 0 bridgehead atoms. The Labute approximate surface area is 179 Å². The summed E-state index contributed by atoms with van der Waals surface area (Å²) in [7, 11) is 0. The summed E-state index contributed by atoms with van der Waals surface area (Å²) < 4.78 is 72.5. The Hall–Kier alpha value is -3.94. The minimum Gasteiger partial charge on any atom is -0.489 e. The van der Waals surface area contributed by atoms with Gasteiger partial charge in [-0.1, -0.05) is 36.4 Å². The molecule has 0 spiro atoms. The third kappa shape index (κ3) is 4.39. The van der Waals surface area contributed by atoms with Crippen molar-refractivity contribution >= 4 is 22.7 Å². The van der Waals surface area contributed by atoms with Crippen molar-refractivity contribution < 1.29 is 26.7 Å². The van der Waals surface area contributed by atoms with E-state index >= 15 is 0 Å². The highest BCUT2D eigenvalue weighted by Crippen LogP contribution is 2.27. The van der Waals surface area contributed by atoms with E-state index in [2.05, 4.69) is 5.10 Å². The maximum absolute atomic E-state index is 13.6. The molecule has 4 aromatic rings. The molecular weight excluding hydrogens is 427 g/mol. The van der Waals surface area contributed by atoms with Crippen molar-refractivity contribution in [3.63, 3.8) is 0 Å². The van der Waals surface area contributed by atoms with Crippen molar-refractivity contribution in [3.8, 4) is 5.75 Å². The van der Waals surface area contributed by atoms with Gasteiger partial charge in [-0.05, 0) is 52.2 Å². The summed E-state index contributed by atoms with van der Waals surface area (Å²) in [5, 5.41) is 5.80. The van der Waals surface area contributed by atoms with Crippen LogP contribution in [0.1, 0.15) is 11.1 Å². The fourth-order valence-electron chi connectivity index (χ4n) is 3.02. The molecule has 0 aliphatic heterocycles. The Morgan fingerprint density at radius 2 is 1.34 bits per heavy atom. The number of hydrazone groups is 1. The zero-order valence-corrected chi connectivity index (χ0v) is 16.4. The number of fused-ring (bicyclic) bond motifs is 1. The van der Waals surface area contributed by atoms with Gasteiger partial charge in [0.1, 0.15) is 18.0 Å². The SMILES string of the molecule is Fc1c(F)c(F)c(N/N=C/c2ccc(OCc3ccc4ccccc4c3)cc2)c(F)c1F. The van der Waals surface area contributed by atoms with Crippen molar-refractivity contribution in [2.45, 2.75) is 6.61 Å². The summed E-state index contributed by atoms with van der Waals surface area (Å²) in [6, 6.07) is 20.6. The van der Waals surface area contributed by atoms with Crippen LogP contribution in [0, 0.1) is 29.1 Å². The fourth-order valence-corrected chi connectivity index (χ4v) is 3.02. The molecule has 8 heteroatoms. The third-order valence-corrected chi connectivity index (χ3v) is 4.70. The van der Waals surface area contributed by atoms with Gasteiger partial charge in [0.25, 0.3) is 0 Å². The van der Waals surface area contributed by atoms with Gasteiger partial charge >= 0.3 is 0 Å². The Morgan fingerprint density at radius 1 is 0.719 bits per heavy atom. The average molecular weight is 442 g/mol. The van der Waals surface area contributed by atoms with Crippen LogP contribution in [0.25, 0.3) is 10.8 Å². The highest BCUT2D eigenvalue weighted by atomic mass is 19.2. The quantitative estimate of drug-likeness (QED) is 0.121. The van der Waals surface area contributed by atoms with Gasteiger partial charge in [-0.15, -0.1) is 0 Å². The summed E-state index contributed by atoms with van der Waals surface area (Å²) >= 11 is 0. The fraction of sp³-hybridized carbons (Fsp3) is 0.0417. The number of rotatable bonds is 6. The molecule has 32 heavy (non-hydrogen) atoms. The van der Waals surface area contributed by atoms with Crippen LogP contribution in [0.5, 0.6) is 5.75 Å². The Balaban J connectivity index is 1.39. The number of ether oxygens (including phenoxy) is 1. The first-order chi connectivity index (χ1) is 15.4. The van der Waals surface area contributed by atoms with Crippen LogP contribution in [-0.2, 0) is 6.61 Å². The average Bonchev–Trinajstić information content (AvgIpc) is 2.83. The van der Waals surface area contributed by atoms with Gasteiger partial charge in [0.2, 0.25) is 5.82 Å². The van der Waals surface area contributed by atoms with Crippen molar-refractivity contribution in [2.24, 2.45) is 5.10 Å². The summed E-state index contributed by atoms with van der Waals surface area (Å²) in [6.45, 7) is 0.361. The lowest BCUT2D eigenvalue weighted by molar-refractivity contribution is 0.306. The maximum Gasteiger partial charge on any atom is 0.200 e. The van der Waals surface area contributed by atoms with E-state index < -0.39 is 34.8 Å². The van der Waals surface area contributed by atoms with Crippen molar-refractivity contribution in [1.82, 2.24) is 0 Å². The number of benzene rings is 4. The molecule has 0 radical (unpaired) electrons. The van der Waals surface area contributed by atoms with E-state index in [4.69, 9.17) is 4.74 Å². The predicted octanol–water partition coefficient (Wildman–Crippen LogP) is 6.56. The van der Waals surface area contributed by atoms with Gasteiger partial charge in [-0.2, -0.15) is 5.10 Å². The van der Waals surface area contributed by atoms with Gasteiger partial charge in [0, 0.05) is 0 Å². The lowest BCUT2D eigenvalue weighted by Crippen LogP contribution is -2.06. The van der Waals surface area contributed by atoms with E-state index in [9.17, 15) is 22.0 Å². The van der Waals surface area contributed by atoms with Crippen molar-refractivity contribution in [2.75, 3.05) is 5.43 Å². The highest BCUT2D eigenvalue weighted by molar-refractivity contribution is 5.83. The Morgan fingerprint density at radius 3 is 2.03 bits per heavy atom. The van der Waals surface area contributed by atoms with Crippen molar-refractivity contribution in [3.05, 3.63) is 107 Å². The zero-order valence-electron chi connectivity index (χ0n) is 16.4. The summed E-state index contributed by atoms with van der Waals surface area (Å²) in [5.41, 5.74) is 2.14. The van der Waals surface area contributed by atoms with E-state index in [-0.39, 0.29) is 0 Å². The van der Waals surface area contributed by atoms with Gasteiger partial charge in [-0.25, -0.2) is 22.0 Å². The molecule has 4 aromatic carbocycles. The largest absolute Gasteiger partial charge is 0.489 e. The molecule has 0 fully saturated rings. The monoisotopic (exact) mass is 442 g/mol. The summed E-state index contributed by atoms with van der Waals surface area (Å²) in [5.74, 6) is -9.71. The van der Waals surface area contributed by atoms with Gasteiger partial charge in [0.05, 0.1) is 6.21 Å². The molecule has 0 amide bonds. The Bertz CT molecular complexity index is 1280. The number of nitrogens with zero attached hydrogens (tertiary/aromatic N) is 1. The first-order valence-electron chi connectivity index (χ1n) is 9.45. The lowest BCUT2D eigenvalue weighted by atomic mass is 10.1. The first-order valence-corrected chi connectivity index (χ1v) is 9.45. The molecule has 0 atom stereocenters. The molecule has 4 rings (SSSR count). The van der Waals surface area contributed by atoms with E-state index in [1.807, 2.05) is 47.9 Å². The van der Waals surface area contributed by atoms with Gasteiger partial charge in [0.15, 0.2) is 23.3 Å². The molecule has 3 nitrogen and oxygen atoms in total. The van der Waals surface area contributed by atoms with Crippen LogP contribution in [-0.4, -0.2) is 6.21 Å². The minimum absolute atomic E-state index is 0.361. The first kappa shape index (κ1) is 21.3. The predicted molar refractivity (Wildman–Crippen MR) is 112 cm³/mol. The molecule has 1 N–H and O–H groups in total. The summed E-state index contributed by atoms with van der Waals surface area (Å²) in [6.07, 6.45) is 1.17. The van der Waals surface area contributed by atoms with E-state index in [0.717, 1.165) is 16.3 Å². The van der Waals surface area contributed by atoms with Crippen LogP contribution in [0.15, 0.2) is 71.8 Å². The van der Waals surface area contributed by atoms with Gasteiger partial charge in [-0.3, -0.25) is 5.43 Å². The minimum atomic E-state index is -2.23. The smallest absolute Gasteiger partial charge is 0.200 e. The van der Waals surface area contributed by atoms with E-state index in [1.165, 1.54) is 6.21 Å². The van der Waals surface area contributed by atoms with E-state index in [1.54, 1.807) is 24.3 Å². The van der Waals surface area contributed by atoms with E-state index in [0.29, 0.717) is 17.9 Å². The molecule has 0 saturated heterocycles. The molecule has 0 aromatic heterocycles. The molecule has 162 valence electrons. The molecule has 0 aliphatic rings. The molecular formula is C24H15F5N2O. The molecule has 0 saturated carbocycles. The third-order valence-electron chi connectivity index (χ3n) is 4.70. The topological polar surface area (TPSA) is 33.6 Å². The zero-order chi connectivity index (χ0) is 22.7. The maximum atomic E-state index is 13.6. The summed E-state index contributed by atoms with van der Waals surface area (Å²) in [4.78, 5) is 0. The number of hydrogen-bond donors (Lipinski definition) is 1. The Kier molecular flexibility index (Phi) is 6.02. The number of anilines is 1. The number of hydrogen-bond acceptors (Lipinski definition) is 3. The number of nitrogens with one attached hydrogen (secondary N) is 1. The molecule has 0 unspecified atom stereocenters. The van der Waals surface area contributed by atoms with Crippen molar-refractivity contribution in [1.29, 1.82) is 0 Å². The number of halogens is 5. The van der Waals surface area contributed by atoms with Crippen LogP contribution >= 0.6 is 0 Å². The second kappa shape index (κ2) is 9.05. The van der Waals surface area contributed by atoms with Crippen LogP contribution in [0.4, 0.5) is 27.6 Å². The standard InChI is InChI=1S/C24H15F5N2O/c25-19-20(26)22(28)24(23(29)21(19)27)31-30-12-14-6-9-18(10-7-14)32-13-15-5-8-16-3-1-2-4-17(16)11-15/h1-12,31H,13H2/b30-12+. The molecule has 0 heterocycles. The van der Waals surface area contributed by atoms with Gasteiger partial charge < -0.3 is 4.74 Å². The normalized spacial score (nSPS) is 11.3. The second-order valence-electron chi connectivity index (χ2n) is 6.85. The second-order valence-corrected chi connectivity index (χ2v) is 6.85. The molecule has 0 aliphatic carbocycles. The van der Waals surface area contributed by atoms with Crippen LogP contribution < -0.4 is 10.2 Å².